The average Bonchev–Trinajstić information content (AvgIpc) is 3.20. The third kappa shape index (κ3) is 3.38. The van der Waals surface area contributed by atoms with Crippen LogP contribution in [0.4, 0.5) is 5.69 Å². The number of nitrogens with zero attached hydrogens (tertiary/aromatic N) is 2. The minimum absolute atomic E-state index is 0.191. The topological polar surface area (TPSA) is 35.6 Å². The number of nitrogens with one attached hydrogen (secondary N) is 1. The summed E-state index contributed by atoms with van der Waals surface area (Å²) in [6.07, 6.45) is 4.74. The van der Waals surface area contributed by atoms with E-state index in [0.29, 0.717) is 12.1 Å². The molecule has 114 valence electrons. The quantitative estimate of drug-likeness (QED) is 0.901. The van der Waals surface area contributed by atoms with E-state index < -0.39 is 0 Å². The second-order valence-electron chi connectivity index (χ2n) is 6.42. The number of amides is 1. The molecule has 2 fully saturated rings. The van der Waals surface area contributed by atoms with Crippen LogP contribution in [0.1, 0.15) is 36.0 Å². The molecular weight excluding hydrogens is 262 g/mol. The Balaban J connectivity index is 1.70. The first-order valence-electron chi connectivity index (χ1n) is 7.97. The highest BCUT2D eigenvalue weighted by Crippen LogP contribution is 2.29. The lowest BCUT2D eigenvalue weighted by molar-refractivity contribution is 0.0728. The molecule has 1 saturated carbocycles. The zero-order valence-corrected chi connectivity index (χ0v) is 13.0. The first kappa shape index (κ1) is 14.4. The fourth-order valence-corrected chi connectivity index (χ4v) is 3.00. The van der Waals surface area contributed by atoms with Gasteiger partial charge < -0.3 is 15.1 Å². The molecule has 2 aliphatic rings. The monoisotopic (exact) mass is 287 g/mol. The van der Waals surface area contributed by atoms with E-state index in [9.17, 15) is 4.79 Å². The molecule has 0 radical (unpaired) electrons. The lowest BCUT2D eigenvalue weighted by atomic mass is 10.1. The van der Waals surface area contributed by atoms with E-state index in [1.54, 1.807) is 0 Å². The van der Waals surface area contributed by atoms with E-state index in [1.807, 2.05) is 38.4 Å². The Morgan fingerprint density at radius 1 is 1.19 bits per heavy atom. The summed E-state index contributed by atoms with van der Waals surface area (Å²) in [5.74, 6) is 0.191. The molecule has 1 N–H and O–H groups in total. The van der Waals surface area contributed by atoms with Crippen LogP contribution in [0, 0.1) is 0 Å². The maximum Gasteiger partial charge on any atom is 0.254 e. The first-order chi connectivity index (χ1) is 10.1. The molecule has 3 rings (SSSR count). The van der Waals surface area contributed by atoms with E-state index in [0.717, 1.165) is 37.2 Å². The highest BCUT2D eigenvalue weighted by Gasteiger charge is 2.34. The SMILES string of the molecule is CN(C)c1ccc(C(=O)N(CC2CCCN2)C2CC2)cc1. The summed E-state index contributed by atoms with van der Waals surface area (Å²) < 4.78 is 0. The molecule has 0 bridgehead atoms. The highest BCUT2D eigenvalue weighted by molar-refractivity contribution is 5.95. The fourth-order valence-electron chi connectivity index (χ4n) is 3.00. The third-order valence-corrected chi connectivity index (χ3v) is 4.46. The molecule has 1 aromatic rings. The van der Waals surface area contributed by atoms with E-state index in [1.165, 1.54) is 12.8 Å². The van der Waals surface area contributed by atoms with Crippen LogP contribution in [0.25, 0.3) is 0 Å². The predicted octanol–water partition coefficient (Wildman–Crippen LogP) is 2.11. The van der Waals surface area contributed by atoms with Gasteiger partial charge >= 0.3 is 0 Å². The summed E-state index contributed by atoms with van der Waals surface area (Å²) in [4.78, 5) is 16.9. The molecule has 1 aromatic carbocycles. The number of rotatable bonds is 5. The average molecular weight is 287 g/mol. The largest absolute Gasteiger partial charge is 0.378 e. The van der Waals surface area contributed by atoms with Gasteiger partial charge in [-0.25, -0.2) is 0 Å². The zero-order valence-electron chi connectivity index (χ0n) is 13.0. The van der Waals surface area contributed by atoms with Crippen LogP contribution < -0.4 is 10.2 Å². The normalized spacial score (nSPS) is 21.3. The van der Waals surface area contributed by atoms with Crippen LogP contribution in [-0.2, 0) is 0 Å². The summed E-state index contributed by atoms with van der Waals surface area (Å²) in [7, 11) is 4.03. The van der Waals surface area contributed by atoms with Gasteiger partial charge in [0.15, 0.2) is 0 Å². The molecule has 1 amide bonds. The van der Waals surface area contributed by atoms with Gasteiger partial charge in [0.2, 0.25) is 0 Å². The van der Waals surface area contributed by atoms with Crippen molar-refractivity contribution in [2.45, 2.75) is 37.8 Å². The Bertz CT molecular complexity index is 487. The predicted molar refractivity (Wildman–Crippen MR) is 85.9 cm³/mol. The van der Waals surface area contributed by atoms with Crippen LogP contribution in [0.5, 0.6) is 0 Å². The molecule has 4 nitrogen and oxygen atoms in total. The lowest BCUT2D eigenvalue weighted by Crippen LogP contribution is -2.42. The molecule has 1 heterocycles. The van der Waals surface area contributed by atoms with Crippen molar-refractivity contribution in [1.29, 1.82) is 0 Å². The van der Waals surface area contributed by atoms with Gasteiger partial charge in [0.1, 0.15) is 0 Å². The van der Waals surface area contributed by atoms with Crippen LogP contribution >= 0.6 is 0 Å². The summed E-state index contributed by atoms with van der Waals surface area (Å²) in [5.41, 5.74) is 1.94. The molecule has 1 atom stereocenters. The minimum Gasteiger partial charge on any atom is -0.378 e. The fraction of sp³-hybridized carbons (Fsp3) is 0.588. The van der Waals surface area contributed by atoms with Crippen LogP contribution in [0.15, 0.2) is 24.3 Å². The third-order valence-electron chi connectivity index (χ3n) is 4.46. The van der Waals surface area contributed by atoms with Crippen LogP contribution in [0.3, 0.4) is 0 Å². The summed E-state index contributed by atoms with van der Waals surface area (Å²) in [6.45, 7) is 1.95. The van der Waals surface area contributed by atoms with Crippen molar-refractivity contribution >= 4 is 11.6 Å². The molecule has 21 heavy (non-hydrogen) atoms. The lowest BCUT2D eigenvalue weighted by Gasteiger charge is -2.26. The van der Waals surface area contributed by atoms with Gasteiger partial charge in [0.25, 0.3) is 5.91 Å². The molecular formula is C17H25N3O. The zero-order chi connectivity index (χ0) is 14.8. The van der Waals surface area contributed by atoms with Gasteiger partial charge in [0.05, 0.1) is 0 Å². The molecule has 1 aliphatic carbocycles. The molecule has 4 heteroatoms. The second kappa shape index (κ2) is 6.06. The van der Waals surface area contributed by atoms with Crippen molar-refractivity contribution in [2.24, 2.45) is 0 Å². The van der Waals surface area contributed by atoms with Gasteiger partial charge in [-0.2, -0.15) is 0 Å². The highest BCUT2D eigenvalue weighted by atomic mass is 16.2. The van der Waals surface area contributed by atoms with E-state index in [-0.39, 0.29) is 5.91 Å². The maximum absolute atomic E-state index is 12.8. The Labute approximate surface area is 127 Å². The van der Waals surface area contributed by atoms with Gasteiger partial charge in [-0.3, -0.25) is 4.79 Å². The first-order valence-corrected chi connectivity index (χ1v) is 7.97. The van der Waals surface area contributed by atoms with E-state index in [2.05, 4.69) is 15.1 Å². The van der Waals surface area contributed by atoms with Crippen molar-refractivity contribution < 1.29 is 4.79 Å². The second-order valence-corrected chi connectivity index (χ2v) is 6.42. The summed E-state index contributed by atoms with van der Waals surface area (Å²) in [5, 5.41) is 3.50. The smallest absolute Gasteiger partial charge is 0.254 e. The summed E-state index contributed by atoms with van der Waals surface area (Å²) in [6, 6.07) is 8.90. The van der Waals surface area contributed by atoms with Gasteiger partial charge in [-0.05, 0) is 56.5 Å². The molecule has 1 saturated heterocycles. The number of hydrogen-bond acceptors (Lipinski definition) is 3. The maximum atomic E-state index is 12.8. The van der Waals surface area contributed by atoms with Crippen molar-refractivity contribution in [3.8, 4) is 0 Å². The Morgan fingerprint density at radius 2 is 1.90 bits per heavy atom. The number of benzene rings is 1. The number of carbonyl (C=O) groups excluding carboxylic acids is 1. The van der Waals surface area contributed by atoms with Gasteiger partial charge in [-0.15, -0.1) is 0 Å². The number of hydrogen-bond donors (Lipinski definition) is 1. The van der Waals surface area contributed by atoms with Crippen molar-refractivity contribution in [1.82, 2.24) is 10.2 Å². The Hall–Kier alpha value is -1.55. The van der Waals surface area contributed by atoms with Crippen molar-refractivity contribution in [3.63, 3.8) is 0 Å². The Kier molecular flexibility index (Phi) is 4.15. The number of anilines is 1. The van der Waals surface area contributed by atoms with Crippen molar-refractivity contribution in [2.75, 3.05) is 32.1 Å². The van der Waals surface area contributed by atoms with Crippen molar-refractivity contribution in [3.05, 3.63) is 29.8 Å². The summed E-state index contributed by atoms with van der Waals surface area (Å²) >= 11 is 0. The molecule has 0 aromatic heterocycles. The molecule has 1 unspecified atom stereocenters. The molecule has 1 aliphatic heterocycles. The van der Waals surface area contributed by atoms with E-state index in [4.69, 9.17) is 0 Å². The van der Waals surface area contributed by atoms with Crippen LogP contribution in [-0.4, -0.2) is 50.1 Å². The van der Waals surface area contributed by atoms with Gasteiger partial charge in [-0.1, -0.05) is 0 Å². The molecule has 0 spiro atoms. The van der Waals surface area contributed by atoms with Crippen LogP contribution in [0.2, 0.25) is 0 Å². The Morgan fingerprint density at radius 3 is 2.43 bits per heavy atom. The standard InChI is InChI=1S/C17H25N3O/c1-19(2)15-7-5-13(6-8-15)17(21)20(16-9-10-16)12-14-4-3-11-18-14/h5-8,14,16,18H,3-4,9-12H2,1-2H3. The number of carbonyl (C=O) groups is 1. The van der Waals surface area contributed by atoms with Gasteiger partial charge in [0, 0.05) is 44.0 Å². The minimum atomic E-state index is 0.191. The van der Waals surface area contributed by atoms with E-state index >= 15 is 0 Å².